The molecule has 0 aliphatic carbocycles. The van der Waals surface area contributed by atoms with Gasteiger partial charge in [-0.1, -0.05) is 6.07 Å². The van der Waals surface area contributed by atoms with E-state index in [9.17, 15) is 9.18 Å². The van der Waals surface area contributed by atoms with E-state index in [-0.39, 0.29) is 18.2 Å². The molecule has 1 N–H and O–H groups in total. The fraction of sp³-hybridized carbons (Fsp3) is 0.316. The molecular weight excluding hydrogens is 339 g/mol. The molecule has 2 aromatic rings. The van der Waals surface area contributed by atoms with Gasteiger partial charge >= 0.3 is 0 Å². The number of methoxy groups -OCH3 is 3. The third kappa shape index (κ3) is 5.35. The van der Waals surface area contributed by atoms with Crippen molar-refractivity contribution in [3.8, 4) is 17.2 Å². The summed E-state index contributed by atoms with van der Waals surface area (Å²) >= 11 is 0. The highest BCUT2D eigenvalue weighted by atomic mass is 19.1. The SMILES string of the molecule is COc1cc(NC(=O)CN(C)Cc2ccc(OC)c(F)c2)cc(OC)c1. The summed E-state index contributed by atoms with van der Waals surface area (Å²) in [5.41, 5.74) is 1.33. The summed E-state index contributed by atoms with van der Waals surface area (Å²) in [5, 5.41) is 2.80. The molecular formula is C19H23FN2O4. The molecule has 2 rings (SSSR count). The predicted molar refractivity (Wildman–Crippen MR) is 97.5 cm³/mol. The average Bonchev–Trinajstić information content (AvgIpc) is 2.61. The van der Waals surface area contributed by atoms with Crippen LogP contribution in [-0.4, -0.2) is 45.7 Å². The van der Waals surface area contributed by atoms with E-state index in [0.29, 0.717) is 23.7 Å². The molecule has 0 saturated heterocycles. The molecule has 0 radical (unpaired) electrons. The smallest absolute Gasteiger partial charge is 0.238 e. The first-order valence-corrected chi connectivity index (χ1v) is 7.99. The van der Waals surface area contributed by atoms with Gasteiger partial charge in [0, 0.05) is 30.4 Å². The van der Waals surface area contributed by atoms with Crippen molar-refractivity contribution in [2.45, 2.75) is 6.54 Å². The van der Waals surface area contributed by atoms with E-state index in [1.165, 1.54) is 13.2 Å². The lowest BCUT2D eigenvalue weighted by Crippen LogP contribution is -2.29. The minimum Gasteiger partial charge on any atom is -0.497 e. The Bertz CT molecular complexity index is 745. The minimum atomic E-state index is -0.425. The van der Waals surface area contributed by atoms with Crippen molar-refractivity contribution in [2.24, 2.45) is 0 Å². The van der Waals surface area contributed by atoms with E-state index in [1.54, 1.807) is 56.5 Å². The summed E-state index contributed by atoms with van der Waals surface area (Å²) in [4.78, 5) is 14.0. The molecule has 0 bridgehead atoms. The highest BCUT2D eigenvalue weighted by Crippen LogP contribution is 2.25. The van der Waals surface area contributed by atoms with Crippen LogP contribution in [0.15, 0.2) is 36.4 Å². The number of likely N-dealkylation sites (N-methyl/N-ethyl adjacent to an activating group) is 1. The van der Waals surface area contributed by atoms with Crippen LogP contribution >= 0.6 is 0 Å². The summed E-state index contributed by atoms with van der Waals surface area (Å²) in [6.45, 7) is 0.572. The molecule has 6 nitrogen and oxygen atoms in total. The number of halogens is 1. The molecule has 0 aliphatic rings. The summed E-state index contributed by atoms with van der Waals surface area (Å²) in [6.07, 6.45) is 0. The number of benzene rings is 2. The molecule has 0 spiro atoms. The maximum Gasteiger partial charge on any atom is 0.238 e. The normalized spacial score (nSPS) is 10.5. The van der Waals surface area contributed by atoms with Crippen LogP contribution in [0.1, 0.15) is 5.56 Å². The maximum absolute atomic E-state index is 13.7. The van der Waals surface area contributed by atoms with Crippen LogP contribution in [0.5, 0.6) is 17.2 Å². The summed E-state index contributed by atoms with van der Waals surface area (Å²) < 4.78 is 29.0. The predicted octanol–water partition coefficient (Wildman–Crippen LogP) is 2.92. The van der Waals surface area contributed by atoms with Gasteiger partial charge in [0.15, 0.2) is 11.6 Å². The second kappa shape index (κ2) is 9.05. The number of amides is 1. The van der Waals surface area contributed by atoms with E-state index in [1.807, 2.05) is 0 Å². The molecule has 7 heteroatoms. The van der Waals surface area contributed by atoms with Crippen molar-refractivity contribution < 1.29 is 23.4 Å². The van der Waals surface area contributed by atoms with Gasteiger partial charge in [0.2, 0.25) is 5.91 Å². The van der Waals surface area contributed by atoms with Gasteiger partial charge in [0.05, 0.1) is 27.9 Å². The lowest BCUT2D eigenvalue weighted by Gasteiger charge is -2.17. The molecule has 0 aliphatic heterocycles. The zero-order chi connectivity index (χ0) is 19.1. The topological polar surface area (TPSA) is 60.0 Å². The summed E-state index contributed by atoms with van der Waals surface area (Å²) in [7, 11) is 6.29. The molecule has 2 aromatic carbocycles. The number of anilines is 1. The lowest BCUT2D eigenvalue weighted by molar-refractivity contribution is -0.117. The number of hydrogen-bond donors (Lipinski definition) is 1. The van der Waals surface area contributed by atoms with Gasteiger partial charge in [0.1, 0.15) is 11.5 Å². The van der Waals surface area contributed by atoms with Crippen LogP contribution in [0.3, 0.4) is 0 Å². The van der Waals surface area contributed by atoms with Gasteiger partial charge in [-0.05, 0) is 24.7 Å². The van der Waals surface area contributed by atoms with Crippen molar-refractivity contribution in [3.63, 3.8) is 0 Å². The van der Waals surface area contributed by atoms with Gasteiger partial charge in [-0.2, -0.15) is 0 Å². The van der Waals surface area contributed by atoms with Crippen molar-refractivity contribution in [3.05, 3.63) is 47.8 Å². The number of carbonyl (C=O) groups is 1. The van der Waals surface area contributed by atoms with Crippen LogP contribution in [0.4, 0.5) is 10.1 Å². The quantitative estimate of drug-likeness (QED) is 0.782. The van der Waals surface area contributed by atoms with Crippen LogP contribution in [0, 0.1) is 5.82 Å². The standard InChI is InChI=1S/C19H23FN2O4/c1-22(11-13-5-6-18(26-4)17(20)7-13)12-19(23)21-14-8-15(24-2)10-16(9-14)25-3/h5-10H,11-12H2,1-4H3,(H,21,23). The maximum atomic E-state index is 13.7. The van der Waals surface area contributed by atoms with Gasteiger partial charge in [-0.15, -0.1) is 0 Å². The van der Waals surface area contributed by atoms with Crippen molar-refractivity contribution in [1.82, 2.24) is 4.90 Å². The Hall–Kier alpha value is -2.80. The Morgan fingerprint density at radius 2 is 1.69 bits per heavy atom. The number of nitrogens with zero attached hydrogens (tertiary/aromatic N) is 1. The molecule has 0 saturated carbocycles. The molecule has 26 heavy (non-hydrogen) atoms. The fourth-order valence-electron chi connectivity index (χ4n) is 2.50. The molecule has 0 heterocycles. The highest BCUT2D eigenvalue weighted by molar-refractivity contribution is 5.92. The highest BCUT2D eigenvalue weighted by Gasteiger charge is 2.11. The van der Waals surface area contributed by atoms with Crippen LogP contribution < -0.4 is 19.5 Å². The Kier molecular flexibility index (Phi) is 6.80. The molecule has 0 unspecified atom stereocenters. The van der Waals surface area contributed by atoms with Crippen LogP contribution in [-0.2, 0) is 11.3 Å². The van der Waals surface area contributed by atoms with Crippen molar-refractivity contribution in [2.75, 3.05) is 40.2 Å². The minimum absolute atomic E-state index is 0.146. The monoisotopic (exact) mass is 362 g/mol. The zero-order valence-electron chi connectivity index (χ0n) is 15.3. The first-order chi connectivity index (χ1) is 12.4. The summed E-state index contributed by atoms with van der Waals surface area (Å²) in [6, 6.07) is 9.88. The first-order valence-electron chi connectivity index (χ1n) is 7.99. The van der Waals surface area contributed by atoms with Gasteiger partial charge in [-0.25, -0.2) is 4.39 Å². The van der Waals surface area contributed by atoms with Gasteiger partial charge in [0.25, 0.3) is 0 Å². The first kappa shape index (κ1) is 19.5. The Morgan fingerprint density at radius 3 is 2.23 bits per heavy atom. The second-order valence-corrected chi connectivity index (χ2v) is 5.79. The number of rotatable bonds is 8. The molecule has 0 fully saturated rings. The molecule has 0 atom stereocenters. The third-order valence-corrected chi connectivity index (χ3v) is 3.72. The molecule has 0 aromatic heterocycles. The van der Waals surface area contributed by atoms with Crippen molar-refractivity contribution in [1.29, 1.82) is 0 Å². The van der Waals surface area contributed by atoms with E-state index in [2.05, 4.69) is 5.32 Å². The van der Waals surface area contributed by atoms with Crippen LogP contribution in [0.25, 0.3) is 0 Å². The second-order valence-electron chi connectivity index (χ2n) is 5.79. The number of carbonyl (C=O) groups excluding carboxylic acids is 1. The Morgan fingerprint density at radius 1 is 1.04 bits per heavy atom. The summed E-state index contributed by atoms with van der Waals surface area (Å²) in [5.74, 6) is 0.743. The van der Waals surface area contributed by atoms with E-state index >= 15 is 0 Å². The lowest BCUT2D eigenvalue weighted by atomic mass is 10.2. The number of hydrogen-bond acceptors (Lipinski definition) is 5. The van der Waals surface area contributed by atoms with E-state index in [0.717, 1.165) is 5.56 Å². The van der Waals surface area contributed by atoms with E-state index < -0.39 is 5.82 Å². The van der Waals surface area contributed by atoms with Gasteiger partial charge < -0.3 is 19.5 Å². The molecule has 1 amide bonds. The Labute approximate surface area is 152 Å². The van der Waals surface area contributed by atoms with Crippen LogP contribution in [0.2, 0.25) is 0 Å². The fourth-order valence-corrected chi connectivity index (χ4v) is 2.50. The van der Waals surface area contributed by atoms with Crippen molar-refractivity contribution >= 4 is 11.6 Å². The largest absolute Gasteiger partial charge is 0.497 e. The molecule has 140 valence electrons. The Balaban J connectivity index is 1.96. The number of ether oxygens (including phenoxy) is 3. The van der Waals surface area contributed by atoms with Gasteiger partial charge in [-0.3, -0.25) is 9.69 Å². The number of nitrogens with one attached hydrogen (secondary N) is 1. The zero-order valence-corrected chi connectivity index (χ0v) is 15.3. The average molecular weight is 362 g/mol. The third-order valence-electron chi connectivity index (χ3n) is 3.72. The van der Waals surface area contributed by atoms with E-state index in [4.69, 9.17) is 14.2 Å².